The average molecular weight is 303 g/mol. The van der Waals surface area contributed by atoms with E-state index in [1.54, 1.807) is 4.31 Å². The average Bonchev–Trinajstić information content (AvgIpc) is 2.85. The van der Waals surface area contributed by atoms with Gasteiger partial charge in [-0.15, -0.1) is 11.3 Å². The van der Waals surface area contributed by atoms with Crippen LogP contribution in [0.1, 0.15) is 31.2 Å². The predicted molar refractivity (Wildman–Crippen MR) is 76.6 cm³/mol. The Hall–Kier alpha value is -0.500. The van der Waals surface area contributed by atoms with Gasteiger partial charge in [0.2, 0.25) is 0 Å². The second-order valence-corrected chi connectivity index (χ2v) is 8.35. The largest absolute Gasteiger partial charge is 0.329 e. The van der Waals surface area contributed by atoms with Crippen molar-refractivity contribution in [2.75, 3.05) is 13.1 Å². The van der Waals surface area contributed by atoms with Crippen molar-refractivity contribution < 1.29 is 8.42 Å². The predicted octanol–water partition coefficient (Wildman–Crippen LogP) is 1.59. The van der Waals surface area contributed by atoms with E-state index in [0.29, 0.717) is 23.2 Å². The Kier molecular flexibility index (Phi) is 4.60. The van der Waals surface area contributed by atoms with Crippen molar-refractivity contribution in [3.63, 3.8) is 0 Å². The minimum Gasteiger partial charge on any atom is -0.329 e. The molecule has 5 nitrogen and oxygen atoms in total. The smallest absolute Gasteiger partial charge is 0.254 e. The zero-order valence-corrected chi connectivity index (χ0v) is 13.0. The lowest BCUT2D eigenvalue weighted by Gasteiger charge is -2.37. The summed E-state index contributed by atoms with van der Waals surface area (Å²) >= 11 is 1.23. The van der Waals surface area contributed by atoms with Crippen LogP contribution in [0.4, 0.5) is 0 Å². The van der Waals surface area contributed by atoms with Crippen molar-refractivity contribution in [1.82, 2.24) is 9.29 Å². The quantitative estimate of drug-likeness (QED) is 0.916. The number of nitrogens with zero attached hydrogens (tertiary/aromatic N) is 2. The van der Waals surface area contributed by atoms with E-state index in [2.05, 4.69) is 11.9 Å². The van der Waals surface area contributed by atoms with E-state index in [1.165, 1.54) is 17.5 Å². The maximum absolute atomic E-state index is 12.6. The summed E-state index contributed by atoms with van der Waals surface area (Å²) in [5, 5.41) is 0.770. The van der Waals surface area contributed by atoms with E-state index in [1.807, 2.05) is 6.92 Å². The topological polar surface area (TPSA) is 76.3 Å². The third-order valence-electron chi connectivity index (χ3n) is 3.78. The molecule has 2 N–H and O–H groups in total. The maximum atomic E-state index is 12.6. The molecule has 1 aliphatic rings. The van der Waals surface area contributed by atoms with E-state index in [0.717, 1.165) is 24.3 Å². The molecule has 0 aliphatic carbocycles. The van der Waals surface area contributed by atoms with E-state index in [9.17, 15) is 8.42 Å². The van der Waals surface area contributed by atoms with Gasteiger partial charge in [-0.25, -0.2) is 13.4 Å². The minimum absolute atomic E-state index is 0.0777. The molecule has 1 saturated heterocycles. The summed E-state index contributed by atoms with van der Waals surface area (Å²) in [4.78, 5) is 4.04. The van der Waals surface area contributed by atoms with E-state index >= 15 is 0 Å². The third kappa shape index (κ3) is 2.99. The van der Waals surface area contributed by atoms with Crippen LogP contribution in [0.3, 0.4) is 0 Å². The molecular weight excluding hydrogens is 282 g/mol. The number of thiazole rings is 1. The third-order valence-corrected chi connectivity index (χ3v) is 7.08. The molecule has 2 atom stereocenters. The first-order valence-electron chi connectivity index (χ1n) is 6.63. The van der Waals surface area contributed by atoms with Gasteiger partial charge in [-0.2, -0.15) is 4.31 Å². The molecule has 0 spiro atoms. The van der Waals surface area contributed by atoms with Gasteiger partial charge in [-0.1, -0.05) is 13.3 Å². The van der Waals surface area contributed by atoms with Gasteiger partial charge in [0.15, 0.2) is 4.21 Å². The molecule has 0 saturated carbocycles. The molecule has 0 amide bonds. The first kappa shape index (κ1) is 14.9. The van der Waals surface area contributed by atoms with Gasteiger partial charge in [-0.05, 0) is 25.7 Å². The fourth-order valence-electron chi connectivity index (χ4n) is 2.59. The Labute approximate surface area is 118 Å². The molecule has 2 heterocycles. The fourth-order valence-corrected chi connectivity index (χ4v) is 5.49. The first-order valence-corrected chi connectivity index (χ1v) is 8.89. The molecule has 0 bridgehead atoms. The Morgan fingerprint density at radius 2 is 2.32 bits per heavy atom. The zero-order chi connectivity index (χ0) is 14.0. The Morgan fingerprint density at radius 1 is 1.58 bits per heavy atom. The van der Waals surface area contributed by atoms with Gasteiger partial charge in [0, 0.05) is 19.1 Å². The summed E-state index contributed by atoms with van der Waals surface area (Å²) in [7, 11) is -3.42. The molecule has 0 radical (unpaired) electrons. The molecule has 1 aromatic heterocycles. The lowest BCUT2D eigenvalue weighted by atomic mass is 9.90. The molecule has 2 rings (SSSR count). The molecule has 0 aromatic carbocycles. The Bertz CT molecular complexity index is 527. The van der Waals surface area contributed by atoms with Crippen LogP contribution in [0.15, 0.2) is 10.4 Å². The summed E-state index contributed by atoms with van der Waals surface area (Å²) in [5.74, 6) is 0.586. The summed E-state index contributed by atoms with van der Waals surface area (Å²) in [6.07, 6.45) is 4.33. The van der Waals surface area contributed by atoms with Gasteiger partial charge < -0.3 is 5.73 Å². The highest BCUT2D eigenvalue weighted by atomic mass is 32.2. The van der Waals surface area contributed by atoms with Gasteiger partial charge in [0.25, 0.3) is 10.0 Å². The van der Waals surface area contributed by atoms with Crippen molar-refractivity contribution in [1.29, 1.82) is 0 Å². The number of rotatable bonds is 4. The number of sulfonamides is 1. The normalized spacial score (nSPS) is 25.6. The number of hydrogen-bond donors (Lipinski definition) is 1. The van der Waals surface area contributed by atoms with Crippen LogP contribution >= 0.6 is 11.3 Å². The monoisotopic (exact) mass is 303 g/mol. The van der Waals surface area contributed by atoms with E-state index < -0.39 is 10.0 Å². The molecular formula is C12H21N3O2S2. The number of hydrogen-bond acceptors (Lipinski definition) is 5. The summed E-state index contributed by atoms with van der Waals surface area (Å²) in [6.45, 7) is 4.91. The molecule has 1 fully saturated rings. The van der Waals surface area contributed by atoms with Crippen molar-refractivity contribution in [3.8, 4) is 0 Å². The number of aromatic nitrogens is 1. The molecule has 7 heteroatoms. The Balaban J connectivity index is 2.25. The number of aryl methyl sites for hydroxylation is 1. The Morgan fingerprint density at radius 3 is 2.84 bits per heavy atom. The highest BCUT2D eigenvalue weighted by Crippen LogP contribution is 2.31. The van der Waals surface area contributed by atoms with Gasteiger partial charge >= 0.3 is 0 Å². The number of nitrogens with two attached hydrogens (primary N) is 1. The summed E-state index contributed by atoms with van der Waals surface area (Å²) < 4.78 is 27.1. The van der Waals surface area contributed by atoms with Crippen LogP contribution in [0.2, 0.25) is 0 Å². The maximum Gasteiger partial charge on any atom is 0.254 e. The standard InChI is InChI=1S/C12H21N3O2S2/c1-3-10-4-5-15(11(6-10)7-13)19(16,17)12-8-14-9(2)18-12/h8,10-11H,3-7,13H2,1-2H3. The van der Waals surface area contributed by atoms with Crippen molar-refractivity contribution in [3.05, 3.63) is 11.2 Å². The van der Waals surface area contributed by atoms with Crippen LogP contribution in [0.5, 0.6) is 0 Å². The van der Waals surface area contributed by atoms with Crippen LogP contribution in [0, 0.1) is 12.8 Å². The molecule has 19 heavy (non-hydrogen) atoms. The molecule has 108 valence electrons. The second-order valence-electron chi connectivity index (χ2n) is 5.00. The van der Waals surface area contributed by atoms with E-state index in [4.69, 9.17) is 5.73 Å². The van der Waals surface area contributed by atoms with Crippen LogP contribution in [0.25, 0.3) is 0 Å². The minimum atomic E-state index is -3.42. The van der Waals surface area contributed by atoms with E-state index in [-0.39, 0.29) is 6.04 Å². The second kappa shape index (κ2) is 5.87. The van der Waals surface area contributed by atoms with Crippen molar-refractivity contribution in [2.24, 2.45) is 11.7 Å². The van der Waals surface area contributed by atoms with Crippen LogP contribution in [-0.4, -0.2) is 36.8 Å². The molecule has 1 aromatic rings. The van der Waals surface area contributed by atoms with Gasteiger partial charge in [0.05, 0.1) is 11.2 Å². The van der Waals surface area contributed by atoms with Gasteiger partial charge in [0.1, 0.15) is 0 Å². The SMILES string of the molecule is CCC1CCN(S(=O)(=O)c2cnc(C)s2)C(CN)C1. The lowest BCUT2D eigenvalue weighted by molar-refractivity contribution is 0.198. The van der Waals surface area contributed by atoms with Crippen LogP contribution < -0.4 is 5.73 Å². The van der Waals surface area contributed by atoms with Crippen molar-refractivity contribution >= 4 is 21.4 Å². The highest BCUT2D eigenvalue weighted by molar-refractivity contribution is 7.91. The highest BCUT2D eigenvalue weighted by Gasteiger charge is 2.36. The summed E-state index contributed by atoms with van der Waals surface area (Å²) in [6, 6.07) is -0.0777. The lowest BCUT2D eigenvalue weighted by Crippen LogP contribution is -2.49. The van der Waals surface area contributed by atoms with Crippen molar-refractivity contribution in [2.45, 2.75) is 43.4 Å². The molecule has 1 aliphatic heterocycles. The zero-order valence-electron chi connectivity index (χ0n) is 11.4. The molecule has 2 unspecified atom stereocenters. The van der Waals surface area contributed by atoms with Crippen LogP contribution in [-0.2, 0) is 10.0 Å². The number of piperidine rings is 1. The first-order chi connectivity index (χ1) is 8.98. The fraction of sp³-hybridized carbons (Fsp3) is 0.750. The summed E-state index contributed by atoms with van der Waals surface area (Å²) in [5.41, 5.74) is 5.77. The van der Waals surface area contributed by atoms with Gasteiger partial charge in [-0.3, -0.25) is 0 Å².